The molecule has 1 aliphatic rings. The van der Waals surface area contributed by atoms with Crippen molar-refractivity contribution in [1.29, 1.82) is 0 Å². The van der Waals surface area contributed by atoms with E-state index >= 15 is 0 Å². The molecule has 0 radical (unpaired) electrons. The molecule has 0 aliphatic carbocycles. The fourth-order valence-corrected chi connectivity index (χ4v) is 2.04. The maximum Gasteiger partial charge on any atom is 0.245 e. The van der Waals surface area contributed by atoms with Crippen LogP contribution in [0.1, 0.15) is 34.1 Å². The van der Waals surface area contributed by atoms with Crippen LogP contribution in [0.5, 0.6) is 0 Å². The minimum atomic E-state index is -0.409. The summed E-state index contributed by atoms with van der Waals surface area (Å²) in [7, 11) is 0. The van der Waals surface area contributed by atoms with Crippen LogP contribution < -0.4 is 5.32 Å². The van der Waals surface area contributed by atoms with Gasteiger partial charge in [-0.05, 0) is 12.3 Å². The van der Waals surface area contributed by atoms with E-state index in [1.165, 1.54) is 0 Å². The van der Waals surface area contributed by atoms with E-state index < -0.39 is 6.04 Å². The Hall–Kier alpha value is -1.10. The molecule has 5 nitrogen and oxygen atoms in total. The third-order valence-electron chi connectivity index (χ3n) is 3.17. The lowest BCUT2D eigenvalue weighted by Crippen LogP contribution is -2.52. The normalized spacial score (nSPS) is 17.7. The molecule has 1 fully saturated rings. The Morgan fingerprint density at radius 3 is 2.21 bits per heavy atom. The van der Waals surface area contributed by atoms with Crippen LogP contribution in [0.2, 0.25) is 0 Å². The average Bonchev–Trinajstić information content (AvgIpc) is 2.37. The first-order chi connectivity index (χ1) is 8.91. The van der Waals surface area contributed by atoms with Crippen LogP contribution in [0, 0.1) is 11.8 Å². The lowest BCUT2D eigenvalue weighted by molar-refractivity contribution is -0.140. The number of morpholine rings is 1. The van der Waals surface area contributed by atoms with Crippen molar-refractivity contribution in [1.82, 2.24) is 10.2 Å². The van der Waals surface area contributed by atoms with E-state index in [4.69, 9.17) is 4.74 Å². The van der Waals surface area contributed by atoms with Crippen LogP contribution in [-0.2, 0) is 14.3 Å². The summed E-state index contributed by atoms with van der Waals surface area (Å²) in [6.45, 7) is 10.2. The number of hydrogen-bond acceptors (Lipinski definition) is 3. The highest BCUT2D eigenvalue weighted by Gasteiger charge is 2.28. The Bertz CT molecular complexity index is 310. The number of nitrogens with one attached hydrogen (secondary N) is 1. The van der Waals surface area contributed by atoms with Gasteiger partial charge in [0.2, 0.25) is 11.8 Å². The highest BCUT2D eigenvalue weighted by atomic mass is 16.5. The number of hydrogen-bond donors (Lipinski definition) is 1. The van der Waals surface area contributed by atoms with E-state index in [1.54, 1.807) is 4.90 Å². The van der Waals surface area contributed by atoms with Gasteiger partial charge < -0.3 is 15.0 Å². The topological polar surface area (TPSA) is 58.6 Å². The first kappa shape index (κ1) is 16.0. The molecule has 0 aromatic carbocycles. The van der Waals surface area contributed by atoms with E-state index in [0.717, 1.165) is 0 Å². The molecule has 0 bridgehead atoms. The summed E-state index contributed by atoms with van der Waals surface area (Å²) in [5.41, 5.74) is 0. The molecule has 0 aromatic heterocycles. The van der Waals surface area contributed by atoms with Gasteiger partial charge in [0.15, 0.2) is 0 Å². The minimum Gasteiger partial charge on any atom is -0.378 e. The summed E-state index contributed by atoms with van der Waals surface area (Å²) in [4.78, 5) is 26.1. The Morgan fingerprint density at radius 2 is 1.74 bits per heavy atom. The summed E-state index contributed by atoms with van der Waals surface area (Å²) >= 11 is 0. The second-order valence-electron chi connectivity index (χ2n) is 5.78. The van der Waals surface area contributed by atoms with E-state index in [1.807, 2.05) is 13.8 Å². The monoisotopic (exact) mass is 270 g/mol. The van der Waals surface area contributed by atoms with Gasteiger partial charge in [0.05, 0.1) is 13.2 Å². The predicted molar refractivity (Wildman–Crippen MR) is 73.6 cm³/mol. The fourth-order valence-electron chi connectivity index (χ4n) is 2.04. The Balaban J connectivity index is 2.66. The summed E-state index contributed by atoms with van der Waals surface area (Å²) in [6, 6.07) is -0.409. The van der Waals surface area contributed by atoms with E-state index in [9.17, 15) is 9.59 Å². The lowest BCUT2D eigenvalue weighted by atomic mass is 10.0. The zero-order valence-electron chi connectivity index (χ0n) is 12.4. The zero-order valence-corrected chi connectivity index (χ0v) is 12.4. The molecule has 1 saturated heterocycles. The second-order valence-corrected chi connectivity index (χ2v) is 5.78. The summed E-state index contributed by atoms with van der Waals surface area (Å²) in [6.07, 6.45) is 0.675. The van der Waals surface area contributed by atoms with Crippen LogP contribution in [-0.4, -0.2) is 49.1 Å². The molecule has 1 rings (SSSR count). The van der Waals surface area contributed by atoms with Gasteiger partial charge in [-0.3, -0.25) is 9.59 Å². The van der Waals surface area contributed by atoms with Crippen LogP contribution in [0.25, 0.3) is 0 Å². The van der Waals surface area contributed by atoms with Crippen molar-refractivity contribution in [3.05, 3.63) is 0 Å². The molecule has 0 aromatic rings. The first-order valence-corrected chi connectivity index (χ1v) is 7.08. The van der Waals surface area contributed by atoms with Crippen molar-refractivity contribution >= 4 is 11.8 Å². The van der Waals surface area contributed by atoms with Gasteiger partial charge in [-0.2, -0.15) is 0 Å². The molecule has 1 N–H and O–H groups in total. The number of carbonyl (C=O) groups is 2. The second kappa shape index (κ2) is 7.48. The van der Waals surface area contributed by atoms with Gasteiger partial charge in [-0.15, -0.1) is 0 Å². The van der Waals surface area contributed by atoms with Crippen LogP contribution in [0.15, 0.2) is 0 Å². The standard InChI is InChI=1S/C14H26N2O3/c1-10(2)9-12(15-13(17)11(3)4)14(18)16-5-7-19-8-6-16/h10-12H,5-9H2,1-4H3,(H,15,17)/t12-/m0/s1. The highest BCUT2D eigenvalue weighted by Crippen LogP contribution is 2.10. The molecule has 0 saturated carbocycles. The van der Waals surface area contributed by atoms with Crippen LogP contribution in [0.4, 0.5) is 0 Å². The smallest absolute Gasteiger partial charge is 0.245 e. The molecule has 5 heteroatoms. The van der Waals surface area contributed by atoms with Gasteiger partial charge in [0.1, 0.15) is 6.04 Å². The number of nitrogens with zero attached hydrogens (tertiary/aromatic N) is 1. The summed E-state index contributed by atoms with van der Waals surface area (Å²) < 4.78 is 5.25. The van der Waals surface area contributed by atoms with Crippen molar-refractivity contribution in [2.24, 2.45) is 11.8 Å². The number of carbonyl (C=O) groups excluding carboxylic acids is 2. The molecular weight excluding hydrogens is 244 g/mol. The Kier molecular flexibility index (Phi) is 6.28. The molecule has 19 heavy (non-hydrogen) atoms. The lowest BCUT2D eigenvalue weighted by Gasteiger charge is -2.31. The number of ether oxygens (including phenoxy) is 1. The molecule has 1 aliphatic heterocycles. The van der Waals surface area contributed by atoms with Gasteiger partial charge in [0.25, 0.3) is 0 Å². The Labute approximate surface area is 115 Å². The van der Waals surface area contributed by atoms with Crippen molar-refractivity contribution in [2.75, 3.05) is 26.3 Å². The van der Waals surface area contributed by atoms with E-state index in [0.29, 0.717) is 38.6 Å². The van der Waals surface area contributed by atoms with Crippen molar-refractivity contribution in [2.45, 2.75) is 40.2 Å². The molecule has 2 amide bonds. The van der Waals surface area contributed by atoms with Crippen molar-refractivity contribution in [3.63, 3.8) is 0 Å². The largest absolute Gasteiger partial charge is 0.378 e. The molecule has 1 heterocycles. The van der Waals surface area contributed by atoms with Crippen molar-refractivity contribution in [3.8, 4) is 0 Å². The molecule has 110 valence electrons. The molecular formula is C14H26N2O3. The predicted octanol–water partition coefficient (Wildman–Crippen LogP) is 1.03. The van der Waals surface area contributed by atoms with Crippen LogP contribution in [0.3, 0.4) is 0 Å². The third-order valence-corrected chi connectivity index (χ3v) is 3.17. The first-order valence-electron chi connectivity index (χ1n) is 7.08. The summed E-state index contributed by atoms with van der Waals surface area (Å²) in [5, 5.41) is 2.87. The zero-order chi connectivity index (χ0) is 14.4. The third kappa shape index (κ3) is 5.19. The Morgan fingerprint density at radius 1 is 1.16 bits per heavy atom. The molecule has 0 spiro atoms. The SMILES string of the molecule is CC(C)C[C@H](NC(=O)C(C)C)C(=O)N1CCOCC1. The maximum absolute atomic E-state index is 12.4. The van der Waals surface area contributed by atoms with Gasteiger partial charge in [0, 0.05) is 19.0 Å². The van der Waals surface area contributed by atoms with E-state index in [2.05, 4.69) is 19.2 Å². The molecule has 0 unspecified atom stereocenters. The van der Waals surface area contributed by atoms with Crippen molar-refractivity contribution < 1.29 is 14.3 Å². The van der Waals surface area contributed by atoms with Gasteiger partial charge >= 0.3 is 0 Å². The minimum absolute atomic E-state index is 0.0194. The number of amides is 2. The molecule has 1 atom stereocenters. The average molecular weight is 270 g/mol. The van der Waals surface area contributed by atoms with Crippen LogP contribution >= 0.6 is 0 Å². The van der Waals surface area contributed by atoms with Gasteiger partial charge in [-0.25, -0.2) is 0 Å². The van der Waals surface area contributed by atoms with Gasteiger partial charge in [-0.1, -0.05) is 27.7 Å². The summed E-state index contributed by atoms with van der Waals surface area (Å²) in [5.74, 6) is 0.216. The van der Waals surface area contributed by atoms with E-state index in [-0.39, 0.29) is 17.7 Å². The quantitative estimate of drug-likeness (QED) is 0.812. The maximum atomic E-state index is 12.4. The highest BCUT2D eigenvalue weighted by molar-refractivity contribution is 5.88. The fraction of sp³-hybridized carbons (Fsp3) is 0.857. The number of rotatable bonds is 5.